The zero-order valence-electron chi connectivity index (χ0n) is 19.7. The van der Waals surface area contributed by atoms with Crippen LogP contribution in [0, 0.1) is 5.92 Å². The molecule has 0 radical (unpaired) electrons. The van der Waals surface area contributed by atoms with Crippen molar-refractivity contribution >= 4 is 43.0 Å². The molecule has 0 aliphatic heterocycles. The molecule has 0 saturated heterocycles. The van der Waals surface area contributed by atoms with Gasteiger partial charge in [0, 0.05) is 24.0 Å². The molecular formula is C23H40N6O3S2. The molecule has 0 aromatic heterocycles. The van der Waals surface area contributed by atoms with Gasteiger partial charge in [-0.3, -0.25) is 14.6 Å². The number of unbranched alkanes of at least 4 members (excludes halogenated alkanes) is 2. The Bertz CT molecular complexity index is 790. The van der Waals surface area contributed by atoms with E-state index in [0.29, 0.717) is 50.5 Å². The topological polar surface area (TPSA) is 172 Å². The molecule has 1 aromatic rings. The lowest BCUT2D eigenvalue weighted by atomic mass is 9.94. The van der Waals surface area contributed by atoms with Gasteiger partial charge in [-0.2, -0.15) is 25.3 Å². The fraction of sp³-hybridized carbons (Fsp3) is 0.609. The van der Waals surface area contributed by atoms with Crippen molar-refractivity contribution in [2.75, 3.05) is 19.7 Å². The summed E-state index contributed by atoms with van der Waals surface area (Å²) in [7, 11) is 0. The van der Waals surface area contributed by atoms with Crippen LogP contribution in [0.4, 0.5) is 0 Å². The zero-order valence-corrected chi connectivity index (χ0v) is 21.5. The number of carbonyl (C=O) groups excluding carboxylic acids is 2. The van der Waals surface area contributed by atoms with E-state index >= 15 is 0 Å². The van der Waals surface area contributed by atoms with E-state index in [1.165, 1.54) is 0 Å². The summed E-state index contributed by atoms with van der Waals surface area (Å²) in [5.74, 6) is 1.36. The number of hydrogen-bond acceptors (Lipinski definition) is 7. The van der Waals surface area contributed by atoms with Crippen LogP contribution in [0.3, 0.4) is 0 Å². The van der Waals surface area contributed by atoms with E-state index in [-0.39, 0.29) is 23.7 Å². The second-order valence-electron chi connectivity index (χ2n) is 8.18. The van der Waals surface area contributed by atoms with Crippen molar-refractivity contribution in [2.45, 2.75) is 62.5 Å². The fourth-order valence-corrected chi connectivity index (χ4v) is 4.10. The molecule has 1 rings (SSSR count). The van der Waals surface area contributed by atoms with Crippen LogP contribution >= 0.6 is 25.3 Å². The Morgan fingerprint density at radius 2 is 1.62 bits per heavy atom. The SMILES string of the molecule is NC(=O)C(CCCCN=C(N)N)CCCC[C@H](N)C(=O)NCCOc1ccc(CS)c(CS)c1. The van der Waals surface area contributed by atoms with Crippen molar-refractivity contribution in [1.82, 2.24) is 5.32 Å². The molecule has 0 heterocycles. The van der Waals surface area contributed by atoms with Crippen LogP contribution in [0.2, 0.25) is 0 Å². The van der Waals surface area contributed by atoms with Gasteiger partial charge >= 0.3 is 0 Å². The third-order valence-electron chi connectivity index (χ3n) is 5.50. The van der Waals surface area contributed by atoms with Crippen LogP contribution in [-0.2, 0) is 21.1 Å². The van der Waals surface area contributed by atoms with Crippen LogP contribution in [-0.4, -0.2) is 43.5 Å². The fourth-order valence-electron chi connectivity index (χ4n) is 3.49. The minimum absolute atomic E-state index is 0.0707. The largest absolute Gasteiger partial charge is 0.492 e. The van der Waals surface area contributed by atoms with Gasteiger partial charge in [0.05, 0.1) is 12.6 Å². The highest BCUT2D eigenvalue weighted by atomic mass is 32.1. The van der Waals surface area contributed by atoms with E-state index in [9.17, 15) is 9.59 Å². The summed E-state index contributed by atoms with van der Waals surface area (Å²) in [6.45, 7) is 1.25. The van der Waals surface area contributed by atoms with Crippen LogP contribution in [0.1, 0.15) is 56.1 Å². The van der Waals surface area contributed by atoms with Gasteiger partial charge in [0.25, 0.3) is 0 Å². The standard InChI is InChI=1S/C23H40N6O3S2/c24-20(7-2-1-5-16(21(25)30)6-3-4-10-29-23(26)27)22(31)28-11-12-32-19-9-8-17(14-33)18(13-19)15-34/h8-9,13,16,20,33-34H,1-7,10-12,14-15,24H2,(H2,25,30)(H,28,31)(H4,26,27,29)/t16?,20-/m0/s1. The molecule has 0 bridgehead atoms. The molecule has 0 aliphatic carbocycles. The van der Waals surface area contributed by atoms with E-state index in [0.717, 1.165) is 42.6 Å². The second kappa shape index (κ2) is 17.3. The molecule has 9 nitrogen and oxygen atoms in total. The summed E-state index contributed by atoms with van der Waals surface area (Å²) < 4.78 is 5.71. The molecule has 0 saturated carbocycles. The minimum Gasteiger partial charge on any atom is -0.492 e. The Kier molecular flexibility index (Phi) is 15.3. The van der Waals surface area contributed by atoms with Crippen LogP contribution in [0.25, 0.3) is 0 Å². The molecule has 11 heteroatoms. The Labute approximate surface area is 213 Å². The molecule has 192 valence electrons. The molecule has 2 amide bonds. The number of nitrogens with zero attached hydrogens (tertiary/aromatic N) is 1. The first-order valence-corrected chi connectivity index (χ1v) is 12.9. The van der Waals surface area contributed by atoms with E-state index in [4.69, 9.17) is 27.7 Å². The smallest absolute Gasteiger partial charge is 0.237 e. The first-order valence-electron chi connectivity index (χ1n) is 11.6. The highest BCUT2D eigenvalue weighted by Crippen LogP contribution is 2.21. The van der Waals surface area contributed by atoms with Crippen molar-refractivity contribution in [3.8, 4) is 5.75 Å². The van der Waals surface area contributed by atoms with Gasteiger partial charge in [-0.15, -0.1) is 0 Å². The molecule has 2 atom stereocenters. The van der Waals surface area contributed by atoms with E-state index < -0.39 is 6.04 Å². The third-order valence-corrected chi connectivity index (χ3v) is 6.18. The van der Waals surface area contributed by atoms with Crippen LogP contribution in [0.15, 0.2) is 23.2 Å². The molecule has 0 spiro atoms. The quantitative estimate of drug-likeness (QED) is 0.0679. The molecule has 0 fully saturated rings. The molecule has 34 heavy (non-hydrogen) atoms. The van der Waals surface area contributed by atoms with Crippen LogP contribution < -0.4 is 33.0 Å². The second-order valence-corrected chi connectivity index (χ2v) is 8.81. The highest BCUT2D eigenvalue weighted by molar-refractivity contribution is 7.79. The predicted octanol–water partition coefficient (Wildman–Crippen LogP) is 1.47. The van der Waals surface area contributed by atoms with Crippen molar-refractivity contribution < 1.29 is 14.3 Å². The van der Waals surface area contributed by atoms with Gasteiger partial charge in [-0.25, -0.2) is 0 Å². The lowest BCUT2D eigenvalue weighted by Gasteiger charge is -2.15. The number of primary amides is 1. The Morgan fingerprint density at radius 3 is 2.24 bits per heavy atom. The van der Waals surface area contributed by atoms with Gasteiger partial charge in [-0.05, 0) is 48.9 Å². The molecular weight excluding hydrogens is 472 g/mol. The number of benzene rings is 1. The summed E-state index contributed by atoms with van der Waals surface area (Å²) in [5, 5.41) is 2.80. The van der Waals surface area contributed by atoms with Gasteiger partial charge in [0.2, 0.25) is 11.8 Å². The average Bonchev–Trinajstić information content (AvgIpc) is 2.81. The lowest BCUT2D eigenvalue weighted by Crippen LogP contribution is -2.42. The summed E-state index contributed by atoms with van der Waals surface area (Å²) in [6.07, 6.45) is 5.07. The number of thiol groups is 2. The minimum atomic E-state index is -0.600. The van der Waals surface area contributed by atoms with Crippen LogP contribution in [0.5, 0.6) is 5.75 Å². The first kappa shape index (κ1) is 29.9. The zero-order chi connectivity index (χ0) is 25.3. The van der Waals surface area contributed by atoms with E-state index in [1.807, 2.05) is 18.2 Å². The normalized spacial score (nSPS) is 12.6. The number of rotatable bonds is 18. The average molecular weight is 513 g/mol. The molecule has 9 N–H and O–H groups in total. The number of guanidine groups is 1. The summed E-state index contributed by atoms with van der Waals surface area (Å²) in [5.41, 5.74) is 24.3. The van der Waals surface area contributed by atoms with Gasteiger partial charge < -0.3 is 33.0 Å². The molecule has 1 unspecified atom stereocenters. The Hall–Kier alpha value is -2.11. The number of ether oxygens (including phenoxy) is 1. The summed E-state index contributed by atoms with van der Waals surface area (Å²) in [6, 6.07) is 5.19. The van der Waals surface area contributed by atoms with Crippen molar-refractivity contribution in [2.24, 2.45) is 33.8 Å². The predicted molar refractivity (Wildman–Crippen MR) is 144 cm³/mol. The molecule has 0 aliphatic rings. The first-order chi connectivity index (χ1) is 16.3. The van der Waals surface area contributed by atoms with E-state index in [1.54, 1.807) is 0 Å². The Balaban J connectivity index is 2.23. The van der Waals surface area contributed by atoms with E-state index in [2.05, 4.69) is 35.6 Å². The maximum absolute atomic E-state index is 12.2. The summed E-state index contributed by atoms with van der Waals surface area (Å²) >= 11 is 8.63. The monoisotopic (exact) mass is 512 g/mol. The lowest BCUT2D eigenvalue weighted by molar-refractivity contribution is -0.123. The molecule has 1 aromatic carbocycles. The maximum atomic E-state index is 12.2. The number of nitrogens with two attached hydrogens (primary N) is 4. The van der Waals surface area contributed by atoms with Crippen molar-refractivity contribution in [3.63, 3.8) is 0 Å². The maximum Gasteiger partial charge on any atom is 0.237 e. The number of hydrogen-bond donors (Lipinski definition) is 7. The van der Waals surface area contributed by atoms with Crippen molar-refractivity contribution in [1.29, 1.82) is 0 Å². The van der Waals surface area contributed by atoms with Crippen molar-refractivity contribution in [3.05, 3.63) is 29.3 Å². The number of nitrogens with one attached hydrogen (secondary N) is 1. The van der Waals surface area contributed by atoms with Gasteiger partial charge in [0.15, 0.2) is 5.96 Å². The Morgan fingerprint density at radius 1 is 0.971 bits per heavy atom. The van der Waals surface area contributed by atoms with Gasteiger partial charge in [-0.1, -0.05) is 25.3 Å². The summed E-state index contributed by atoms with van der Waals surface area (Å²) in [4.78, 5) is 27.8. The van der Waals surface area contributed by atoms with Gasteiger partial charge in [0.1, 0.15) is 12.4 Å². The number of aliphatic imine (C=N–C) groups is 1. The third kappa shape index (κ3) is 12.4. The highest BCUT2D eigenvalue weighted by Gasteiger charge is 2.16. The number of amides is 2. The number of carbonyl (C=O) groups is 2.